The van der Waals surface area contributed by atoms with Gasteiger partial charge in [0, 0.05) is 37.2 Å². The van der Waals surface area contributed by atoms with Crippen LogP contribution in [-0.2, 0) is 6.18 Å². The second-order valence-corrected chi connectivity index (χ2v) is 5.07. The SMILES string of the molecule is OCCNC1CCN(c2nc(C(F)(F)F)ns2)CC1. The van der Waals surface area contributed by atoms with Crippen molar-refractivity contribution in [3.05, 3.63) is 5.82 Å². The summed E-state index contributed by atoms with van der Waals surface area (Å²) in [7, 11) is 0. The highest BCUT2D eigenvalue weighted by Gasteiger charge is 2.36. The zero-order valence-corrected chi connectivity index (χ0v) is 11.0. The molecule has 1 aromatic heterocycles. The van der Waals surface area contributed by atoms with Gasteiger partial charge in [-0.15, -0.1) is 0 Å². The van der Waals surface area contributed by atoms with E-state index in [1.165, 1.54) is 0 Å². The lowest BCUT2D eigenvalue weighted by Gasteiger charge is -2.31. The maximum Gasteiger partial charge on any atom is 0.452 e. The Kier molecular flexibility index (Phi) is 4.58. The summed E-state index contributed by atoms with van der Waals surface area (Å²) in [5.74, 6) is -1.06. The van der Waals surface area contributed by atoms with E-state index in [1.54, 1.807) is 0 Å². The van der Waals surface area contributed by atoms with Gasteiger partial charge in [-0.1, -0.05) is 0 Å². The first-order valence-corrected chi connectivity index (χ1v) is 6.78. The van der Waals surface area contributed by atoms with E-state index in [0.717, 1.165) is 24.4 Å². The number of aliphatic hydroxyl groups is 1. The number of aromatic nitrogens is 2. The number of hydrogen-bond acceptors (Lipinski definition) is 6. The van der Waals surface area contributed by atoms with E-state index < -0.39 is 12.0 Å². The second kappa shape index (κ2) is 6.02. The van der Waals surface area contributed by atoms with Crippen LogP contribution in [0.3, 0.4) is 0 Å². The first-order chi connectivity index (χ1) is 9.00. The number of piperidine rings is 1. The molecule has 0 aliphatic carbocycles. The summed E-state index contributed by atoms with van der Waals surface area (Å²) in [6.45, 7) is 1.93. The molecule has 0 atom stereocenters. The first-order valence-electron chi connectivity index (χ1n) is 6.01. The van der Waals surface area contributed by atoms with Gasteiger partial charge in [0.05, 0.1) is 6.61 Å². The average Bonchev–Trinajstić information content (AvgIpc) is 2.86. The fourth-order valence-electron chi connectivity index (χ4n) is 2.00. The standard InChI is InChI=1S/C10H15F3N4OS/c11-10(12,13)8-15-9(19-16-8)17-4-1-7(2-5-17)14-3-6-18/h7,14,18H,1-6H2. The minimum absolute atomic E-state index is 0.0888. The van der Waals surface area contributed by atoms with Crippen LogP contribution in [0.15, 0.2) is 0 Å². The molecular formula is C10H15F3N4OS. The summed E-state index contributed by atoms with van der Waals surface area (Å²) in [6, 6.07) is 0.304. The van der Waals surface area contributed by atoms with E-state index >= 15 is 0 Å². The van der Waals surface area contributed by atoms with Gasteiger partial charge in [-0.05, 0) is 12.8 Å². The number of hydrogen-bond donors (Lipinski definition) is 2. The van der Waals surface area contributed by atoms with E-state index in [1.807, 2.05) is 4.90 Å². The molecule has 5 nitrogen and oxygen atoms in total. The lowest BCUT2D eigenvalue weighted by atomic mass is 10.1. The Morgan fingerprint density at radius 3 is 2.58 bits per heavy atom. The predicted octanol–water partition coefficient (Wildman–Crippen LogP) is 1.11. The minimum atomic E-state index is -4.48. The lowest BCUT2D eigenvalue weighted by Crippen LogP contribution is -2.43. The third-order valence-electron chi connectivity index (χ3n) is 2.98. The van der Waals surface area contributed by atoms with Crippen molar-refractivity contribution in [1.29, 1.82) is 0 Å². The highest BCUT2D eigenvalue weighted by atomic mass is 32.1. The molecular weight excluding hydrogens is 281 g/mol. The van der Waals surface area contributed by atoms with Gasteiger partial charge in [0.2, 0.25) is 11.0 Å². The van der Waals surface area contributed by atoms with Crippen molar-refractivity contribution in [1.82, 2.24) is 14.7 Å². The molecule has 0 aromatic carbocycles. The molecule has 0 amide bonds. The maximum absolute atomic E-state index is 12.4. The number of nitrogens with zero attached hydrogens (tertiary/aromatic N) is 3. The van der Waals surface area contributed by atoms with Gasteiger partial charge in [-0.25, -0.2) is 0 Å². The third-order valence-corrected chi connectivity index (χ3v) is 3.76. The summed E-state index contributed by atoms with van der Waals surface area (Å²) in [4.78, 5) is 5.36. The topological polar surface area (TPSA) is 61.3 Å². The van der Waals surface area contributed by atoms with Crippen molar-refractivity contribution in [2.75, 3.05) is 31.1 Å². The number of halogens is 3. The van der Waals surface area contributed by atoms with Gasteiger partial charge < -0.3 is 15.3 Å². The zero-order chi connectivity index (χ0) is 13.9. The molecule has 108 valence electrons. The van der Waals surface area contributed by atoms with Crippen LogP contribution in [0.1, 0.15) is 18.7 Å². The fourth-order valence-corrected chi connectivity index (χ4v) is 2.74. The molecule has 1 aromatic rings. The van der Waals surface area contributed by atoms with E-state index in [0.29, 0.717) is 30.8 Å². The average molecular weight is 296 g/mol. The van der Waals surface area contributed by atoms with Crippen molar-refractivity contribution in [2.45, 2.75) is 25.1 Å². The number of aliphatic hydroxyl groups excluding tert-OH is 1. The molecule has 0 saturated carbocycles. The smallest absolute Gasteiger partial charge is 0.395 e. The summed E-state index contributed by atoms with van der Waals surface area (Å²) in [5, 5.41) is 12.2. The molecule has 0 unspecified atom stereocenters. The van der Waals surface area contributed by atoms with Crippen LogP contribution in [-0.4, -0.2) is 46.7 Å². The maximum atomic E-state index is 12.4. The van der Waals surface area contributed by atoms with Crippen molar-refractivity contribution in [3.63, 3.8) is 0 Å². The molecule has 2 rings (SSSR count). The molecule has 9 heteroatoms. The van der Waals surface area contributed by atoms with E-state index in [4.69, 9.17) is 5.11 Å². The molecule has 1 aliphatic heterocycles. The van der Waals surface area contributed by atoms with Gasteiger partial charge >= 0.3 is 6.18 Å². The monoisotopic (exact) mass is 296 g/mol. The van der Waals surface area contributed by atoms with Crippen LogP contribution in [0.5, 0.6) is 0 Å². The number of anilines is 1. The van der Waals surface area contributed by atoms with Crippen LogP contribution >= 0.6 is 11.5 Å². The van der Waals surface area contributed by atoms with Gasteiger partial charge in [0.25, 0.3) is 0 Å². The number of nitrogens with one attached hydrogen (secondary N) is 1. The van der Waals surface area contributed by atoms with Crippen LogP contribution in [0.25, 0.3) is 0 Å². The summed E-state index contributed by atoms with van der Waals surface area (Å²) in [5.41, 5.74) is 0. The summed E-state index contributed by atoms with van der Waals surface area (Å²) < 4.78 is 40.5. The number of rotatable bonds is 4. The Balaban J connectivity index is 1.89. The predicted molar refractivity (Wildman–Crippen MR) is 65.2 cm³/mol. The molecule has 0 radical (unpaired) electrons. The quantitative estimate of drug-likeness (QED) is 0.871. The lowest BCUT2D eigenvalue weighted by molar-refractivity contribution is -0.144. The molecule has 1 saturated heterocycles. The molecule has 1 fully saturated rings. The Morgan fingerprint density at radius 1 is 1.37 bits per heavy atom. The summed E-state index contributed by atoms with van der Waals surface area (Å²) >= 11 is 0.786. The number of alkyl halides is 3. The minimum Gasteiger partial charge on any atom is -0.395 e. The molecule has 2 heterocycles. The first kappa shape index (κ1) is 14.5. The van der Waals surface area contributed by atoms with Gasteiger partial charge in [-0.3, -0.25) is 0 Å². The molecule has 2 N–H and O–H groups in total. The third kappa shape index (κ3) is 3.77. The normalized spacial score (nSPS) is 18.0. The Bertz CT molecular complexity index is 404. The molecule has 19 heavy (non-hydrogen) atoms. The van der Waals surface area contributed by atoms with Crippen molar-refractivity contribution in [3.8, 4) is 0 Å². The van der Waals surface area contributed by atoms with Gasteiger partial charge in [-0.2, -0.15) is 22.5 Å². The molecule has 0 spiro atoms. The van der Waals surface area contributed by atoms with Crippen LogP contribution in [0.4, 0.5) is 18.3 Å². The Labute approximate surface area is 112 Å². The molecule has 0 bridgehead atoms. The Morgan fingerprint density at radius 2 is 2.05 bits per heavy atom. The van der Waals surface area contributed by atoms with Crippen molar-refractivity contribution >= 4 is 16.7 Å². The van der Waals surface area contributed by atoms with Gasteiger partial charge in [0.15, 0.2) is 0 Å². The van der Waals surface area contributed by atoms with Crippen molar-refractivity contribution < 1.29 is 18.3 Å². The van der Waals surface area contributed by atoms with E-state index in [9.17, 15) is 13.2 Å². The van der Waals surface area contributed by atoms with E-state index in [-0.39, 0.29) is 6.61 Å². The highest BCUT2D eigenvalue weighted by Crippen LogP contribution is 2.31. The van der Waals surface area contributed by atoms with Crippen LogP contribution in [0.2, 0.25) is 0 Å². The van der Waals surface area contributed by atoms with Crippen molar-refractivity contribution in [2.24, 2.45) is 0 Å². The fraction of sp³-hybridized carbons (Fsp3) is 0.800. The highest BCUT2D eigenvalue weighted by molar-refractivity contribution is 7.09. The molecule has 1 aliphatic rings. The van der Waals surface area contributed by atoms with E-state index in [2.05, 4.69) is 14.7 Å². The van der Waals surface area contributed by atoms with Crippen LogP contribution in [0, 0.1) is 0 Å². The van der Waals surface area contributed by atoms with Crippen LogP contribution < -0.4 is 10.2 Å². The zero-order valence-electron chi connectivity index (χ0n) is 10.2. The second-order valence-electron chi connectivity index (χ2n) is 4.34. The Hall–Kier alpha value is -0.930. The summed E-state index contributed by atoms with van der Waals surface area (Å²) in [6.07, 6.45) is -2.84. The van der Waals surface area contributed by atoms with Gasteiger partial charge in [0.1, 0.15) is 0 Å². The largest absolute Gasteiger partial charge is 0.452 e.